The van der Waals surface area contributed by atoms with Crippen LogP contribution < -0.4 is 0 Å². The summed E-state index contributed by atoms with van der Waals surface area (Å²) >= 11 is 0. The summed E-state index contributed by atoms with van der Waals surface area (Å²) in [6, 6.07) is 26.0. The van der Waals surface area contributed by atoms with Gasteiger partial charge in [0.25, 0.3) is 0 Å². The molecule has 4 rings (SSSR count). The second kappa shape index (κ2) is 8.37. The molecule has 29 heavy (non-hydrogen) atoms. The zero-order valence-corrected chi connectivity index (χ0v) is 18.5. The molecule has 4 heteroatoms. The molecule has 0 aromatic heterocycles. The lowest BCUT2D eigenvalue weighted by Crippen LogP contribution is -2.26. The highest BCUT2D eigenvalue weighted by molar-refractivity contribution is 8.04. The number of aryl methyl sites for hydroxylation is 3. The van der Waals surface area contributed by atoms with E-state index in [1.165, 1.54) is 5.56 Å². The number of rotatable bonds is 7. The zero-order chi connectivity index (χ0) is 20.4. The van der Waals surface area contributed by atoms with Crippen molar-refractivity contribution in [2.24, 2.45) is 5.92 Å². The van der Waals surface area contributed by atoms with Crippen molar-refractivity contribution >= 4 is 21.6 Å². The third-order valence-corrected chi connectivity index (χ3v) is 10.3. The molecule has 0 bridgehead atoms. The van der Waals surface area contributed by atoms with Crippen LogP contribution in [0.5, 0.6) is 0 Å². The van der Waals surface area contributed by atoms with Crippen LogP contribution in [0.25, 0.3) is 0 Å². The summed E-state index contributed by atoms with van der Waals surface area (Å²) < 4.78 is 26.6. The fourth-order valence-corrected chi connectivity index (χ4v) is 8.08. The van der Waals surface area contributed by atoms with Gasteiger partial charge >= 0.3 is 0 Å². The summed E-state index contributed by atoms with van der Waals surface area (Å²) in [7, 11) is -2.63. The van der Waals surface area contributed by atoms with Crippen molar-refractivity contribution < 1.29 is 8.42 Å². The van der Waals surface area contributed by atoms with E-state index in [0.29, 0.717) is 0 Å². The molecule has 0 N–H and O–H groups in total. The van der Waals surface area contributed by atoms with Crippen LogP contribution in [0.15, 0.2) is 88.7 Å². The average Bonchev–Trinajstić information content (AvgIpc) is 3.48. The standard InChI is InChI=1S/C25H26O2S2/c1-19-8-14-23(15-9-19)28(26)25(29(27)24-16-10-20(2)11-17-24)18-22(25)13-12-21-6-4-3-5-7-21/h3-11,14-17,22H,12-13,18H2,1-2H3/t22-,25?,28?,29?/m1/s1. The van der Waals surface area contributed by atoms with Gasteiger partial charge in [0.1, 0.15) is 4.08 Å². The van der Waals surface area contributed by atoms with E-state index in [1.807, 2.05) is 80.6 Å². The number of hydrogen-bond acceptors (Lipinski definition) is 2. The first kappa shape index (κ1) is 20.2. The Morgan fingerprint density at radius 1 is 0.759 bits per heavy atom. The zero-order valence-electron chi connectivity index (χ0n) is 16.8. The summed E-state index contributed by atoms with van der Waals surface area (Å²) in [5, 5.41) is 0. The Bertz CT molecular complexity index is 967. The molecular weight excluding hydrogens is 396 g/mol. The molecule has 3 aromatic rings. The molecule has 0 radical (unpaired) electrons. The van der Waals surface area contributed by atoms with Crippen molar-refractivity contribution in [3.63, 3.8) is 0 Å². The van der Waals surface area contributed by atoms with Gasteiger partial charge in [-0.05, 0) is 68.9 Å². The Balaban J connectivity index is 1.62. The first-order valence-electron chi connectivity index (χ1n) is 10.0. The smallest absolute Gasteiger partial charge is 0.133 e. The highest BCUT2D eigenvalue weighted by atomic mass is 32.2. The van der Waals surface area contributed by atoms with E-state index in [-0.39, 0.29) is 5.92 Å². The van der Waals surface area contributed by atoms with E-state index >= 15 is 0 Å². The normalized spacial score (nSPS) is 22.8. The molecule has 0 aliphatic heterocycles. The molecule has 0 heterocycles. The van der Waals surface area contributed by atoms with Crippen molar-refractivity contribution in [2.45, 2.75) is 47.0 Å². The van der Waals surface area contributed by atoms with Gasteiger partial charge < -0.3 is 0 Å². The molecule has 1 saturated carbocycles. The van der Waals surface area contributed by atoms with E-state index in [9.17, 15) is 8.42 Å². The van der Waals surface area contributed by atoms with Gasteiger partial charge in [-0.2, -0.15) is 0 Å². The van der Waals surface area contributed by atoms with Crippen LogP contribution in [0.3, 0.4) is 0 Å². The third kappa shape index (κ3) is 4.15. The van der Waals surface area contributed by atoms with E-state index in [4.69, 9.17) is 0 Å². The molecule has 1 aliphatic carbocycles. The molecule has 2 unspecified atom stereocenters. The fourth-order valence-electron chi connectivity index (χ4n) is 3.84. The lowest BCUT2D eigenvalue weighted by molar-refractivity contribution is 0.652. The molecule has 0 spiro atoms. The molecule has 3 aromatic carbocycles. The molecule has 2 nitrogen and oxygen atoms in total. The van der Waals surface area contributed by atoms with Crippen LogP contribution >= 0.6 is 0 Å². The van der Waals surface area contributed by atoms with Crippen LogP contribution in [0.1, 0.15) is 29.5 Å². The maximum Gasteiger partial charge on any atom is 0.133 e. The number of benzene rings is 3. The van der Waals surface area contributed by atoms with Crippen molar-refractivity contribution in [2.75, 3.05) is 0 Å². The Kier molecular flexibility index (Phi) is 5.84. The second-order valence-corrected chi connectivity index (χ2v) is 11.6. The van der Waals surface area contributed by atoms with Gasteiger partial charge in [-0.1, -0.05) is 65.7 Å². The Morgan fingerprint density at radius 3 is 1.72 bits per heavy atom. The Hall–Kier alpha value is -2.04. The van der Waals surface area contributed by atoms with Crippen LogP contribution in [-0.2, 0) is 28.0 Å². The summed E-state index contributed by atoms with van der Waals surface area (Å²) in [6.07, 6.45) is 2.56. The van der Waals surface area contributed by atoms with Gasteiger partial charge in [-0.3, -0.25) is 8.42 Å². The van der Waals surface area contributed by atoms with E-state index in [2.05, 4.69) is 12.1 Å². The fraction of sp³-hybridized carbons (Fsp3) is 0.280. The minimum absolute atomic E-state index is 0.187. The van der Waals surface area contributed by atoms with Crippen molar-refractivity contribution in [3.8, 4) is 0 Å². The van der Waals surface area contributed by atoms with E-state index in [0.717, 1.165) is 40.2 Å². The van der Waals surface area contributed by atoms with Crippen LogP contribution in [0.4, 0.5) is 0 Å². The molecule has 150 valence electrons. The lowest BCUT2D eigenvalue weighted by atomic mass is 10.1. The van der Waals surface area contributed by atoms with Crippen LogP contribution in [-0.4, -0.2) is 12.5 Å². The van der Waals surface area contributed by atoms with Gasteiger partial charge in [0.05, 0.1) is 21.6 Å². The number of hydrogen-bond donors (Lipinski definition) is 0. The average molecular weight is 423 g/mol. The molecule has 1 aliphatic rings. The third-order valence-electron chi connectivity index (χ3n) is 5.71. The highest BCUT2D eigenvalue weighted by Gasteiger charge is 2.63. The second-order valence-electron chi connectivity index (χ2n) is 7.90. The van der Waals surface area contributed by atoms with Gasteiger partial charge in [0, 0.05) is 9.79 Å². The largest absolute Gasteiger partial charge is 0.253 e. The molecule has 3 atom stereocenters. The van der Waals surface area contributed by atoms with Gasteiger partial charge in [0.2, 0.25) is 0 Å². The van der Waals surface area contributed by atoms with Gasteiger partial charge in [-0.25, -0.2) is 0 Å². The van der Waals surface area contributed by atoms with Crippen LogP contribution in [0.2, 0.25) is 0 Å². The minimum Gasteiger partial charge on any atom is -0.253 e. The van der Waals surface area contributed by atoms with Gasteiger partial charge in [-0.15, -0.1) is 0 Å². The molecular formula is C25H26O2S2. The van der Waals surface area contributed by atoms with Crippen molar-refractivity contribution in [1.82, 2.24) is 0 Å². The monoisotopic (exact) mass is 422 g/mol. The molecule has 0 saturated heterocycles. The summed E-state index contributed by atoms with van der Waals surface area (Å²) in [4.78, 5) is 1.55. The maximum atomic E-state index is 13.7. The summed E-state index contributed by atoms with van der Waals surface area (Å²) in [5.74, 6) is 0.187. The summed E-state index contributed by atoms with van der Waals surface area (Å²) in [6.45, 7) is 4.04. The SMILES string of the molecule is Cc1ccc(S(=O)C2(S(=O)c3ccc(C)cc3)C[C@H]2CCc2ccccc2)cc1. The summed E-state index contributed by atoms with van der Waals surface area (Å²) in [5.41, 5.74) is 3.54. The Labute approximate surface area is 178 Å². The van der Waals surface area contributed by atoms with E-state index in [1.54, 1.807) is 0 Å². The molecule has 1 fully saturated rings. The predicted octanol–water partition coefficient (Wildman–Crippen LogP) is 5.57. The first-order chi connectivity index (χ1) is 14.0. The highest BCUT2D eigenvalue weighted by Crippen LogP contribution is 2.56. The lowest BCUT2D eigenvalue weighted by Gasteiger charge is -2.18. The minimum atomic E-state index is -1.31. The van der Waals surface area contributed by atoms with E-state index < -0.39 is 25.7 Å². The Morgan fingerprint density at radius 2 is 1.24 bits per heavy atom. The molecule has 0 amide bonds. The van der Waals surface area contributed by atoms with Crippen molar-refractivity contribution in [1.29, 1.82) is 0 Å². The van der Waals surface area contributed by atoms with Gasteiger partial charge in [0.15, 0.2) is 0 Å². The predicted molar refractivity (Wildman–Crippen MR) is 121 cm³/mol. The first-order valence-corrected chi connectivity index (χ1v) is 12.3. The topological polar surface area (TPSA) is 34.1 Å². The maximum absolute atomic E-state index is 13.7. The van der Waals surface area contributed by atoms with Crippen molar-refractivity contribution in [3.05, 3.63) is 95.6 Å². The van der Waals surface area contributed by atoms with Crippen LogP contribution in [0, 0.1) is 19.8 Å². The quantitative estimate of drug-likeness (QED) is 0.499.